The first-order valence-corrected chi connectivity index (χ1v) is 40.3. The summed E-state index contributed by atoms with van der Waals surface area (Å²) >= 11 is 0. The number of carbonyl (C=O) groups excluding carboxylic acids is 13. The van der Waals surface area contributed by atoms with E-state index in [0.717, 1.165) is 28.5 Å². The summed E-state index contributed by atoms with van der Waals surface area (Å²) in [4.78, 5) is 221. The van der Waals surface area contributed by atoms with Gasteiger partial charge in [-0.1, -0.05) is 105 Å². The number of piperazine rings is 1. The van der Waals surface area contributed by atoms with Crippen molar-refractivity contribution in [2.75, 3.05) is 127 Å². The highest BCUT2D eigenvalue weighted by atomic mass is 16.5. The van der Waals surface area contributed by atoms with E-state index in [1.807, 2.05) is 28.1 Å². The van der Waals surface area contributed by atoms with Gasteiger partial charge in [0.2, 0.25) is 70.8 Å². The molecule has 14 N–H and O–H groups in total. The number of hydrogen-bond donors (Lipinski definition) is 14. The maximum absolute atomic E-state index is 15.4. The van der Waals surface area contributed by atoms with Crippen molar-refractivity contribution in [3.8, 4) is 0 Å². The number of rotatable bonds is 32. The number of nitrogens with zero attached hydrogens (tertiary/aromatic N) is 6. The van der Waals surface area contributed by atoms with Gasteiger partial charge >= 0.3 is 18.0 Å². The van der Waals surface area contributed by atoms with E-state index in [4.69, 9.17) is 9.47 Å². The average Bonchev–Trinajstić information content (AvgIpc) is 1.70. The molecule has 0 spiro atoms. The van der Waals surface area contributed by atoms with Crippen molar-refractivity contribution in [2.24, 2.45) is 0 Å². The normalized spacial score (nSPS) is 20.3. The predicted octanol–water partition coefficient (Wildman–Crippen LogP) is -0.502. The molecule has 0 saturated carbocycles. The lowest BCUT2D eigenvalue weighted by Crippen LogP contribution is -2.60. The van der Waals surface area contributed by atoms with Gasteiger partial charge in [-0.25, -0.2) is 9.78 Å². The molecule has 0 bridgehead atoms. The Morgan fingerprint density at radius 3 is 1.89 bits per heavy atom. The molecule has 3 fully saturated rings. The van der Waals surface area contributed by atoms with Gasteiger partial charge in [0.15, 0.2) is 0 Å². The van der Waals surface area contributed by atoms with Crippen molar-refractivity contribution >= 4 is 106 Å². The van der Waals surface area contributed by atoms with Crippen LogP contribution < -0.4 is 63.0 Å². The molecule has 3 aliphatic heterocycles. The van der Waals surface area contributed by atoms with Crippen LogP contribution in [0.1, 0.15) is 110 Å². The Balaban J connectivity index is 1.03. The van der Waals surface area contributed by atoms with E-state index in [1.54, 1.807) is 102 Å². The van der Waals surface area contributed by atoms with Crippen molar-refractivity contribution in [3.05, 3.63) is 131 Å². The number of carbonyl (C=O) groups is 15. The fourth-order valence-corrected chi connectivity index (χ4v) is 13.8. The summed E-state index contributed by atoms with van der Waals surface area (Å²) in [6.45, 7) is 1.22. The molecule has 7 atom stereocenters. The van der Waals surface area contributed by atoms with Crippen LogP contribution in [-0.4, -0.2) is 298 Å². The lowest BCUT2D eigenvalue weighted by molar-refractivity contribution is -0.146. The minimum atomic E-state index is -1.82. The van der Waals surface area contributed by atoms with Crippen molar-refractivity contribution < 1.29 is 91.6 Å². The number of H-pyrrole nitrogens is 1. The maximum Gasteiger partial charge on any atom is 0.317 e. The largest absolute Gasteiger partial charge is 0.481 e. The van der Waals surface area contributed by atoms with E-state index in [-0.39, 0.29) is 136 Å². The number of hydrogen-bond acceptors (Lipinski definition) is 19. The minimum Gasteiger partial charge on any atom is -0.481 e. The SMILES string of the molecule is CCCCCC[C@@H]1NC(=O)[C@H](Cc2ccc(CNC(=O)COCCOCCNC(=O)c3ccc([N+](C)(C)C)nc3)cc2)NC(=O)[C@H](Cc2ccccc2)N(C)C(=O)CNC(=O)CNC(=O)[C@H]2CCCN2C(=O)[C@H](CC(=O)O)NC(=O)[C@H](CCCCNC(=O)N2CCN(CC(=O)O)CC2)NC(=O)CNC(=O)[C@H](Cc2c[nH]c3ccccc23)NC1=O. The number of unbranched alkanes of at least 4 members (excludes halogenated alkanes) is 4. The average molecular weight is 1650 g/mol. The van der Waals surface area contributed by atoms with Gasteiger partial charge in [0.1, 0.15) is 48.9 Å². The van der Waals surface area contributed by atoms with Gasteiger partial charge in [-0.15, -0.1) is 0 Å². The zero-order valence-corrected chi connectivity index (χ0v) is 68.1. The molecular formula is C82H113N18O19+. The van der Waals surface area contributed by atoms with E-state index >= 15 is 14.4 Å². The number of aromatic nitrogens is 2. The third kappa shape index (κ3) is 30.2. The fraction of sp³-hybridized carbons (Fsp3) is 0.512. The molecule has 8 rings (SSSR count). The highest BCUT2D eigenvalue weighted by molar-refractivity contribution is 6.00. The quantitative estimate of drug-likeness (QED) is 0.0191. The van der Waals surface area contributed by atoms with Gasteiger partial charge in [-0.3, -0.25) is 76.5 Å². The highest BCUT2D eigenvalue weighted by Gasteiger charge is 2.41. The number of pyridine rings is 1. The Morgan fingerprint density at radius 1 is 0.563 bits per heavy atom. The Labute approximate surface area is 690 Å². The fourth-order valence-electron chi connectivity index (χ4n) is 13.8. The minimum absolute atomic E-state index is 0.0266. The van der Waals surface area contributed by atoms with Crippen molar-refractivity contribution in [1.82, 2.24) is 92.5 Å². The van der Waals surface area contributed by atoms with Crippen LogP contribution in [0.5, 0.6) is 0 Å². The Kier molecular flexibility index (Phi) is 36.4. The zero-order chi connectivity index (χ0) is 86.0. The standard InChI is InChI=1S/C82H112N18O19/c1-6-7-8-12-22-61-77(112)93-63(43-57-47-85-59-21-14-13-20-58(57)59)75(110)89-49-69(102)91-60(23-15-16-31-84-82(117)98-36-34-97(35-37-98)51-73(107)108)76(111)95-64(44-72(105)106)81(116)99-33-17-24-65(99)79(114)90-48-68(101)88-50-71(104)96(2)66(42-53-18-10-9-11-19-53)80(115)94-62(78(113)92-61)41-54-25-27-55(28-26-54)45-87-70(103)52-119-40-39-118-38-32-83-74(109)56-29-30-67(86-46-56)100(3,4)5/h9-11,13-14,18-21,25-30,46-47,60-66,85H,6-8,12,15-17,22-24,31-45,48-52H2,1-5H3,(H12-,83,84,87,88,89,90,91,92,93,94,95,101,102,103,105,106,107,108,109,110,111,112,113,114,115,117)/p+1/t60-,61-,62-,63-,64-,65+,66-/m0/s1. The highest BCUT2D eigenvalue weighted by Crippen LogP contribution is 2.23. The summed E-state index contributed by atoms with van der Waals surface area (Å²) in [5.41, 5.74) is 3.41. The van der Waals surface area contributed by atoms with E-state index in [9.17, 15) is 67.7 Å². The number of para-hydroxylation sites is 1. The summed E-state index contributed by atoms with van der Waals surface area (Å²) in [7, 11) is 7.24. The Hall–Kier alpha value is -12.0. The molecule has 0 aliphatic carbocycles. The second-order valence-electron chi connectivity index (χ2n) is 30.5. The monoisotopic (exact) mass is 1650 g/mol. The zero-order valence-electron chi connectivity index (χ0n) is 68.1. The molecule has 3 saturated heterocycles. The molecule has 0 unspecified atom stereocenters. The number of urea groups is 1. The molecule has 119 heavy (non-hydrogen) atoms. The van der Waals surface area contributed by atoms with Crippen LogP contribution in [0.15, 0.2) is 103 Å². The molecule has 644 valence electrons. The third-order valence-electron chi connectivity index (χ3n) is 20.5. The smallest absolute Gasteiger partial charge is 0.317 e. The van der Waals surface area contributed by atoms with Crippen LogP contribution in [0.3, 0.4) is 0 Å². The lowest BCUT2D eigenvalue weighted by Gasteiger charge is -2.33. The Morgan fingerprint density at radius 2 is 1.19 bits per heavy atom. The lowest BCUT2D eigenvalue weighted by atomic mass is 9.99. The van der Waals surface area contributed by atoms with Gasteiger partial charge in [-0.2, -0.15) is 0 Å². The van der Waals surface area contributed by atoms with E-state index < -0.39 is 151 Å². The number of carboxylic acid groups (broad SMARTS) is 2. The van der Waals surface area contributed by atoms with E-state index in [1.165, 1.54) is 18.1 Å². The van der Waals surface area contributed by atoms with Crippen LogP contribution in [-0.2, 0) is 97.6 Å². The number of nitrogens with one attached hydrogen (secondary N) is 12. The number of carboxylic acids is 2. The Bertz CT molecular complexity index is 4310. The second-order valence-corrected chi connectivity index (χ2v) is 30.5. The first-order valence-electron chi connectivity index (χ1n) is 40.3. The molecule has 3 aromatic carbocycles. The molecule has 0 radical (unpaired) electrons. The van der Waals surface area contributed by atoms with Gasteiger partial charge in [0, 0.05) is 108 Å². The summed E-state index contributed by atoms with van der Waals surface area (Å²) < 4.78 is 11.6. The van der Waals surface area contributed by atoms with Gasteiger partial charge in [-0.05, 0) is 72.9 Å². The number of amides is 14. The number of aromatic amines is 1. The third-order valence-corrected chi connectivity index (χ3v) is 20.5. The summed E-state index contributed by atoms with van der Waals surface area (Å²) in [5.74, 6) is -11.2. The van der Waals surface area contributed by atoms with Crippen LogP contribution in [0.25, 0.3) is 10.9 Å². The number of likely N-dealkylation sites (N-methyl/N-ethyl adjacent to an activating group) is 1. The second kappa shape index (κ2) is 46.8. The number of benzene rings is 3. The number of aliphatic carboxylic acids is 2. The molecule has 37 nitrogen and oxygen atoms in total. The number of ether oxygens (including phenoxy) is 2. The van der Waals surface area contributed by atoms with Crippen LogP contribution in [0.2, 0.25) is 0 Å². The van der Waals surface area contributed by atoms with Gasteiger partial charge in [0.05, 0.1) is 79.1 Å². The van der Waals surface area contributed by atoms with Crippen LogP contribution in [0.4, 0.5) is 10.6 Å². The first kappa shape index (κ1) is 92.5. The van der Waals surface area contributed by atoms with E-state index in [0.29, 0.717) is 69.1 Å². The molecule has 14 amide bonds. The maximum atomic E-state index is 15.4. The molecular weight excluding hydrogens is 1540 g/mol. The predicted molar refractivity (Wildman–Crippen MR) is 436 cm³/mol. The van der Waals surface area contributed by atoms with Gasteiger partial charge in [0.25, 0.3) is 5.91 Å². The number of fused-ring (bicyclic) bond motifs is 2. The number of quaternary nitrogens is 1. The van der Waals surface area contributed by atoms with Crippen LogP contribution in [0, 0.1) is 0 Å². The van der Waals surface area contributed by atoms with E-state index in [2.05, 4.69) is 68.5 Å². The molecule has 3 aliphatic rings. The van der Waals surface area contributed by atoms with Crippen molar-refractivity contribution in [3.63, 3.8) is 0 Å². The molecule has 5 aromatic rings. The van der Waals surface area contributed by atoms with Crippen LogP contribution >= 0.6 is 0 Å². The van der Waals surface area contributed by atoms with Crippen molar-refractivity contribution in [2.45, 2.75) is 146 Å². The molecule has 2 aromatic heterocycles. The first-order chi connectivity index (χ1) is 57.0. The molecule has 37 heteroatoms. The summed E-state index contributed by atoms with van der Waals surface area (Å²) in [5, 5.41) is 49.6. The topological polar surface area (TPSA) is 489 Å². The summed E-state index contributed by atoms with van der Waals surface area (Å²) in [6.07, 6.45) is 4.77. The summed E-state index contributed by atoms with van der Waals surface area (Å²) in [6, 6.07) is 15.4. The molecule has 5 heterocycles. The van der Waals surface area contributed by atoms with Crippen molar-refractivity contribution in [1.29, 1.82) is 0 Å². The van der Waals surface area contributed by atoms with Gasteiger partial charge < -0.3 is 97.9 Å².